The van der Waals surface area contributed by atoms with Crippen LogP contribution >= 0.6 is 12.2 Å². The molecule has 0 atom stereocenters. The van der Waals surface area contributed by atoms with Gasteiger partial charge in [-0.15, -0.1) is 0 Å². The van der Waals surface area contributed by atoms with Crippen molar-refractivity contribution in [2.75, 3.05) is 12.4 Å². The van der Waals surface area contributed by atoms with E-state index in [9.17, 15) is 14.9 Å². The maximum absolute atomic E-state index is 12.6. The van der Waals surface area contributed by atoms with Crippen LogP contribution < -0.4 is 15.4 Å². The summed E-state index contributed by atoms with van der Waals surface area (Å²) in [5.74, 6) is 0.919. The number of amides is 1. The van der Waals surface area contributed by atoms with E-state index in [0.29, 0.717) is 39.8 Å². The molecule has 0 saturated heterocycles. The molecule has 10 nitrogen and oxygen atoms in total. The second-order valence-electron chi connectivity index (χ2n) is 7.81. The Hall–Kier alpha value is -5.03. The number of oxazole rings is 1. The van der Waals surface area contributed by atoms with Gasteiger partial charge >= 0.3 is 0 Å². The topological polar surface area (TPSA) is 133 Å². The number of nitrogens with one attached hydrogen (secondary N) is 2. The number of nitro benzene ring substituents is 1. The molecule has 1 amide bonds. The standard InChI is InChI=1S/C26H18N4O6S/c1-34-19-9-10-22-20(14-19)28-25(36-22)15-5-7-17(8-6-15)27-26(37)29-24(31)23-12-11-21(35-23)16-3-2-4-18(13-16)30(32)33/h2-14H,1H3,(H2,27,29,31,37). The number of thiocarbonyl (C=S) groups is 1. The highest BCUT2D eigenvalue weighted by Gasteiger charge is 2.16. The average Bonchev–Trinajstić information content (AvgIpc) is 3.56. The van der Waals surface area contributed by atoms with Crippen LogP contribution in [-0.2, 0) is 0 Å². The van der Waals surface area contributed by atoms with E-state index in [2.05, 4.69) is 15.6 Å². The molecule has 3 aromatic carbocycles. The molecular weight excluding hydrogens is 496 g/mol. The van der Waals surface area contributed by atoms with Crippen LogP contribution in [0.2, 0.25) is 0 Å². The van der Waals surface area contributed by atoms with Gasteiger partial charge in [0.05, 0.1) is 12.0 Å². The summed E-state index contributed by atoms with van der Waals surface area (Å²) in [6, 6.07) is 21.5. The first kappa shape index (κ1) is 23.7. The van der Waals surface area contributed by atoms with Gasteiger partial charge in [-0.25, -0.2) is 4.98 Å². The van der Waals surface area contributed by atoms with Gasteiger partial charge in [0.2, 0.25) is 5.89 Å². The zero-order valence-electron chi connectivity index (χ0n) is 19.3. The number of nitrogens with zero attached hydrogens (tertiary/aromatic N) is 2. The van der Waals surface area contributed by atoms with Crippen molar-refractivity contribution in [3.63, 3.8) is 0 Å². The molecule has 2 aromatic heterocycles. The minimum absolute atomic E-state index is 0.00796. The van der Waals surface area contributed by atoms with Gasteiger partial charge in [0.15, 0.2) is 16.5 Å². The fourth-order valence-electron chi connectivity index (χ4n) is 3.57. The summed E-state index contributed by atoms with van der Waals surface area (Å²) in [5, 5.41) is 16.6. The van der Waals surface area contributed by atoms with Crippen molar-refractivity contribution in [3.05, 3.63) is 94.7 Å². The van der Waals surface area contributed by atoms with Gasteiger partial charge in [-0.1, -0.05) is 12.1 Å². The Balaban J connectivity index is 1.22. The number of methoxy groups -OCH3 is 1. The summed E-state index contributed by atoms with van der Waals surface area (Å²) in [7, 11) is 1.59. The number of carbonyl (C=O) groups is 1. The summed E-state index contributed by atoms with van der Waals surface area (Å²) in [5.41, 5.74) is 3.14. The highest BCUT2D eigenvalue weighted by atomic mass is 32.1. The van der Waals surface area contributed by atoms with Gasteiger partial charge in [0.1, 0.15) is 17.0 Å². The predicted octanol–water partition coefficient (Wildman–Crippen LogP) is 5.80. The number of anilines is 1. The Morgan fingerprint density at radius 1 is 1.00 bits per heavy atom. The van der Waals surface area contributed by atoms with E-state index in [1.54, 1.807) is 55.6 Å². The first-order valence-corrected chi connectivity index (χ1v) is 11.3. The van der Waals surface area contributed by atoms with Gasteiger partial charge in [0.25, 0.3) is 11.6 Å². The third kappa shape index (κ3) is 5.16. The molecule has 0 spiro atoms. The minimum atomic E-state index is -0.562. The molecule has 0 fully saturated rings. The number of carbonyl (C=O) groups excluding carboxylic acids is 1. The number of benzene rings is 3. The van der Waals surface area contributed by atoms with Gasteiger partial charge < -0.3 is 18.9 Å². The monoisotopic (exact) mass is 514 g/mol. The first-order chi connectivity index (χ1) is 17.9. The number of fused-ring (bicyclic) bond motifs is 1. The summed E-state index contributed by atoms with van der Waals surface area (Å²) >= 11 is 5.25. The van der Waals surface area contributed by atoms with E-state index in [1.165, 1.54) is 18.2 Å². The Kier molecular flexibility index (Phi) is 6.35. The van der Waals surface area contributed by atoms with Crippen LogP contribution in [0.4, 0.5) is 11.4 Å². The van der Waals surface area contributed by atoms with Crippen LogP contribution in [-0.4, -0.2) is 28.0 Å². The summed E-state index contributed by atoms with van der Waals surface area (Å²) < 4.78 is 16.6. The molecule has 11 heteroatoms. The molecule has 5 aromatic rings. The van der Waals surface area contributed by atoms with Gasteiger partial charge in [0, 0.05) is 35.0 Å². The Bertz CT molecular complexity index is 1640. The zero-order valence-corrected chi connectivity index (χ0v) is 20.1. The predicted molar refractivity (Wildman–Crippen MR) is 140 cm³/mol. The SMILES string of the molecule is COc1ccc2oc(-c3ccc(NC(=S)NC(=O)c4ccc(-c5cccc([N+](=O)[O-])c5)o4)cc3)nc2c1. The highest BCUT2D eigenvalue weighted by Crippen LogP contribution is 2.28. The lowest BCUT2D eigenvalue weighted by molar-refractivity contribution is -0.384. The van der Waals surface area contributed by atoms with Crippen molar-refractivity contribution >= 4 is 45.7 Å². The number of nitro groups is 1. The average molecular weight is 515 g/mol. The normalized spacial score (nSPS) is 10.7. The Morgan fingerprint density at radius 3 is 2.57 bits per heavy atom. The number of rotatable bonds is 6. The number of non-ortho nitro benzene ring substituents is 1. The molecule has 184 valence electrons. The number of hydrogen-bond acceptors (Lipinski definition) is 8. The minimum Gasteiger partial charge on any atom is -0.497 e. The van der Waals surface area contributed by atoms with E-state index in [0.717, 1.165) is 5.56 Å². The maximum atomic E-state index is 12.6. The summed E-state index contributed by atoms with van der Waals surface area (Å²) in [6.45, 7) is 0. The fraction of sp³-hybridized carbons (Fsp3) is 0.0385. The van der Waals surface area contributed by atoms with Crippen LogP contribution in [0.3, 0.4) is 0 Å². The highest BCUT2D eigenvalue weighted by molar-refractivity contribution is 7.80. The van der Waals surface area contributed by atoms with Gasteiger partial charge in [-0.3, -0.25) is 20.2 Å². The van der Waals surface area contributed by atoms with Crippen LogP contribution in [0.25, 0.3) is 33.9 Å². The molecule has 2 heterocycles. The summed E-state index contributed by atoms with van der Waals surface area (Å²) in [6.07, 6.45) is 0. The Labute approximate surface area is 215 Å². The first-order valence-electron chi connectivity index (χ1n) is 10.9. The molecule has 0 saturated carbocycles. The second kappa shape index (κ2) is 9.91. The van der Waals surface area contributed by atoms with E-state index >= 15 is 0 Å². The third-order valence-corrected chi connectivity index (χ3v) is 5.59. The molecule has 0 unspecified atom stereocenters. The lowest BCUT2D eigenvalue weighted by atomic mass is 10.1. The van der Waals surface area contributed by atoms with Crippen molar-refractivity contribution in [2.45, 2.75) is 0 Å². The van der Waals surface area contributed by atoms with Crippen LogP contribution in [0.15, 0.2) is 87.7 Å². The maximum Gasteiger partial charge on any atom is 0.293 e. The molecule has 0 aliphatic heterocycles. The largest absolute Gasteiger partial charge is 0.497 e. The zero-order chi connectivity index (χ0) is 25.9. The van der Waals surface area contributed by atoms with Crippen molar-refractivity contribution in [1.29, 1.82) is 0 Å². The van der Waals surface area contributed by atoms with Crippen LogP contribution in [0.1, 0.15) is 10.6 Å². The van der Waals surface area contributed by atoms with E-state index < -0.39 is 10.8 Å². The quantitative estimate of drug-likeness (QED) is 0.164. The second-order valence-corrected chi connectivity index (χ2v) is 8.22. The van der Waals surface area contributed by atoms with Crippen LogP contribution in [0.5, 0.6) is 5.75 Å². The van der Waals surface area contributed by atoms with Gasteiger partial charge in [-0.2, -0.15) is 0 Å². The van der Waals surface area contributed by atoms with Crippen molar-refractivity contribution in [2.24, 2.45) is 0 Å². The van der Waals surface area contributed by atoms with E-state index in [4.69, 9.17) is 25.8 Å². The number of ether oxygens (including phenoxy) is 1. The lowest BCUT2D eigenvalue weighted by Gasteiger charge is -2.09. The molecular formula is C26H18N4O6S. The smallest absolute Gasteiger partial charge is 0.293 e. The molecule has 0 radical (unpaired) electrons. The lowest BCUT2D eigenvalue weighted by Crippen LogP contribution is -2.33. The molecule has 2 N–H and O–H groups in total. The van der Waals surface area contributed by atoms with Crippen molar-refractivity contribution in [3.8, 4) is 28.5 Å². The number of aromatic nitrogens is 1. The third-order valence-electron chi connectivity index (χ3n) is 5.38. The van der Waals surface area contributed by atoms with Crippen molar-refractivity contribution in [1.82, 2.24) is 10.3 Å². The number of hydrogen-bond donors (Lipinski definition) is 2. The van der Waals surface area contributed by atoms with Crippen molar-refractivity contribution < 1.29 is 23.3 Å². The number of furan rings is 1. The van der Waals surface area contributed by atoms with Crippen LogP contribution in [0, 0.1) is 10.1 Å². The fourth-order valence-corrected chi connectivity index (χ4v) is 3.78. The molecule has 0 aliphatic carbocycles. The van der Waals surface area contributed by atoms with E-state index in [1.807, 2.05) is 12.1 Å². The van der Waals surface area contributed by atoms with Gasteiger partial charge in [-0.05, 0) is 60.7 Å². The molecule has 0 bridgehead atoms. The van der Waals surface area contributed by atoms with E-state index in [-0.39, 0.29) is 16.6 Å². The molecule has 37 heavy (non-hydrogen) atoms. The molecule has 0 aliphatic rings. The summed E-state index contributed by atoms with van der Waals surface area (Å²) in [4.78, 5) is 27.6. The molecule has 5 rings (SSSR count). The Morgan fingerprint density at radius 2 is 1.81 bits per heavy atom.